The molecule has 2 amide bonds. The first-order valence-electron chi connectivity index (χ1n) is 8.55. The van der Waals surface area contributed by atoms with Crippen molar-refractivity contribution in [3.63, 3.8) is 0 Å². The van der Waals surface area contributed by atoms with Gasteiger partial charge in [-0.15, -0.1) is 0 Å². The molecule has 6 heteroatoms. The van der Waals surface area contributed by atoms with Gasteiger partial charge in [0.2, 0.25) is 11.8 Å². The maximum atomic E-state index is 13.0. The molecule has 0 spiro atoms. The Kier molecular flexibility index (Phi) is 5.37. The number of hydrogen-bond donors (Lipinski definition) is 1. The molecule has 0 unspecified atom stereocenters. The number of rotatable bonds is 4. The van der Waals surface area contributed by atoms with Crippen LogP contribution in [-0.2, 0) is 16.1 Å². The minimum atomic E-state index is -0.606. The second-order valence-electron chi connectivity index (χ2n) is 6.62. The predicted octanol–water partition coefficient (Wildman–Crippen LogP) is 3.84. The van der Waals surface area contributed by atoms with Crippen LogP contribution >= 0.6 is 15.9 Å². The van der Waals surface area contributed by atoms with E-state index in [-0.39, 0.29) is 17.9 Å². The van der Waals surface area contributed by atoms with Gasteiger partial charge in [-0.1, -0.05) is 18.2 Å². The van der Waals surface area contributed by atoms with Crippen LogP contribution in [-0.4, -0.2) is 18.9 Å². The van der Waals surface area contributed by atoms with E-state index in [0.717, 1.165) is 16.7 Å². The van der Waals surface area contributed by atoms with Crippen molar-refractivity contribution in [1.82, 2.24) is 0 Å². The van der Waals surface area contributed by atoms with Gasteiger partial charge in [-0.3, -0.25) is 9.59 Å². The molecule has 2 N–H and O–H groups in total. The molecule has 1 aliphatic rings. The van der Waals surface area contributed by atoms with E-state index in [1.54, 1.807) is 24.1 Å². The summed E-state index contributed by atoms with van der Waals surface area (Å²) in [6.07, 6.45) is -0.0578. The number of benzene rings is 2. The van der Waals surface area contributed by atoms with Crippen molar-refractivity contribution in [2.45, 2.75) is 26.8 Å². The van der Waals surface area contributed by atoms with Crippen molar-refractivity contribution >= 4 is 37.9 Å². The Balaban J connectivity index is 2.12. The topological polar surface area (TPSA) is 72.6 Å². The van der Waals surface area contributed by atoms with E-state index < -0.39 is 5.91 Å². The van der Waals surface area contributed by atoms with Gasteiger partial charge in [0.1, 0.15) is 5.75 Å². The van der Waals surface area contributed by atoms with Crippen molar-refractivity contribution in [1.29, 1.82) is 0 Å². The molecule has 0 bridgehead atoms. The number of carbonyl (C=O) groups is 2. The van der Waals surface area contributed by atoms with Crippen LogP contribution in [0.25, 0.3) is 4.48 Å². The molecular weight excluding hydrogens is 408 g/mol. The lowest BCUT2D eigenvalue weighted by Gasteiger charge is -2.24. The second kappa shape index (κ2) is 7.56. The Bertz CT molecular complexity index is 966. The molecule has 0 fully saturated rings. The molecule has 0 radical (unpaired) electrons. The van der Waals surface area contributed by atoms with Gasteiger partial charge in [-0.25, -0.2) is 0 Å². The molecule has 2 aromatic carbocycles. The maximum absolute atomic E-state index is 13.0. The molecule has 2 aromatic rings. The van der Waals surface area contributed by atoms with Gasteiger partial charge in [0.15, 0.2) is 0 Å². The number of anilines is 1. The summed E-state index contributed by atoms with van der Waals surface area (Å²) in [5.74, 6) is -0.162. The first-order chi connectivity index (χ1) is 12.8. The smallest absolute Gasteiger partial charge is 0.246 e. The van der Waals surface area contributed by atoms with E-state index in [9.17, 15) is 9.59 Å². The van der Waals surface area contributed by atoms with Crippen LogP contribution in [0.1, 0.15) is 28.7 Å². The Labute approximate surface area is 166 Å². The van der Waals surface area contributed by atoms with Crippen molar-refractivity contribution in [2.24, 2.45) is 5.73 Å². The van der Waals surface area contributed by atoms with Crippen molar-refractivity contribution in [2.75, 3.05) is 12.0 Å². The first-order valence-corrected chi connectivity index (χ1v) is 9.34. The molecule has 0 saturated heterocycles. The average molecular weight is 429 g/mol. The highest BCUT2D eigenvalue weighted by atomic mass is 79.9. The lowest BCUT2D eigenvalue weighted by atomic mass is 10.1. The minimum absolute atomic E-state index is 0.0578. The van der Waals surface area contributed by atoms with Gasteiger partial charge in [0.05, 0.1) is 25.8 Å². The van der Waals surface area contributed by atoms with Gasteiger partial charge >= 0.3 is 0 Å². The number of nitrogens with two attached hydrogens (primary N) is 1. The summed E-state index contributed by atoms with van der Waals surface area (Å²) in [5, 5.41) is 0. The lowest BCUT2D eigenvalue weighted by Crippen LogP contribution is -2.31. The largest absolute Gasteiger partial charge is 0.497 e. The molecule has 0 aliphatic carbocycles. The molecule has 140 valence electrons. The van der Waals surface area contributed by atoms with Gasteiger partial charge in [0, 0.05) is 21.7 Å². The van der Waals surface area contributed by atoms with Crippen LogP contribution < -0.4 is 15.4 Å². The number of nitrogens with zero attached hydrogens (tertiary/aromatic N) is 1. The average Bonchev–Trinajstić information content (AvgIpc) is 2.74. The Hall–Kier alpha value is -2.60. The fourth-order valence-electron chi connectivity index (χ4n) is 3.12. The van der Waals surface area contributed by atoms with Crippen LogP contribution in [0.3, 0.4) is 0 Å². The minimum Gasteiger partial charge on any atom is -0.497 e. The highest BCUT2D eigenvalue weighted by molar-refractivity contribution is 9.15. The van der Waals surface area contributed by atoms with Crippen LogP contribution in [0.15, 0.2) is 42.0 Å². The highest BCUT2D eigenvalue weighted by Gasteiger charge is 2.29. The fraction of sp³-hybridized carbons (Fsp3) is 0.238. The molecule has 1 heterocycles. The third-order valence-electron chi connectivity index (χ3n) is 4.84. The molecule has 0 aromatic heterocycles. The first kappa shape index (κ1) is 19.2. The van der Waals surface area contributed by atoms with Gasteiger partial charge < -0.3 is 15.4 Å². The molecule has 27 heavy (non-hydrogen) atoms. The summed E-state index contributed by atoms with van der Waals surface area (Å²) in [7, 11) is 1.58. The summed E-state index contributed by atoms with van der Waals surface area (Å²) >= 11 is 3.47. The van der Waals surface area contributed by atoms with Crippen LogP contribution in [0.5, 0.6) is 5.75 Å². The number of primary amides is 1. The molecular formula is C21H21BrN2O3. The molecule has 3 rings (SSSR count). The number of methoxy groups -OCH3 is 1. The summed E-state index contributed by atoms with van der Waals surface area (Å²) < 4.78 is 5.88. The normalized spacial score (nSPS) is 14.1. The lowest BCUT2D eigenvalue weighted by molar-refractivity contribution is -0.120. The zero-order chi connectivity index (χ0) is 19.7. The van der Waals surface area contributed by atoms with Crippen LogP contribution in [0.4, 0.5) is 5.69 Å². The second-order valence-corrected chi connectivity index (χ2v) is 7.41. The number of hydrogen-bond acceptors (Lipinski definition) is 3. The van der Waals surface area contributed by atoms with Gasteiger partial charge in [-0.2, -0.15) is 0 Å². The van der Waals surface area contributed by atoms with Gasteiger partial charge in [0.25, 0.3) is 0 Å². The van der Waals surface area contributed by atoms with E-state index in [1.807, 2.05) is 25.1 Å². The number of aryl methyl sites for hydroxylation is 2. The SMILES string of the molecule is COc1ccc2c(c1)N(Cc1ccc(C)c(C)c1)C(=O)CC(C(N)=O)=C2Br. The summed E-state index contributed by atoms with van der Waals surface area (Å²) in [5.41, 5.74) is 10.6. The fourth-order valence-corrected chi connectivity index (χ4v) is 3.79. The van der Waals surface area contributed by atoms with Crippen LogP contribution in [0.2, 0.25) is 0 Å². The maximum Gasteiger partial charge on any atom is 0.246 e. The van der Waals surface area contributed by atoms with Crippen molar-refractivity contribution < 1.29 is 14.3 Å². The van der Waals surface area contributed by atoms with Gasteiger partial charge in [-0.05, 0) is 58.6 Å². The van der Waals surface area contributed by atoms with E-state index in [1.165, 1.54) is 5.56 Å². The molecule has 0 atom stereocenters. The van der Waals surface area contributed by atoms with Crippen LogP contribution in [0, 0.1) is 13.8 Å². The molecule has 1 aliphatic heterocycles. The number of halogens is 1. The standard InChI is InChI=1S/C21H21BrN2O3/c1-12-4-5-14(8-13(12)2)11-24-18-9-15(27-3)6-7-16(18)20(22)17(21(23)26)10-19(24)25/h4-9H,10-11H2,1-3H3,(H2,23,26). The van der Waals surface area contributed by atoms with E-state index in [4.69, 9.17) is 10.5 Å². The quantitative estimate of drug-likeness (QED) is 0.803. The summed E-state index contributed by atoms with van der Waals surface area (Å²) in [6.45, 7) is 4.49. The van der Waals surface area contributed by atoms with Crippen molar-refractivity contribution in [3.05, 3.63) is 64.2 Å². The number of ether oxygens (including phenoxy) is 1. The summed E-state index contributed by atoms with van der Waals surface area (Å²) in [6, 6.07) is 11.6. The van der Waals surface area contributed by atoms with E-state index in [2.05, 4.69) is 28.9 Å². The summed E-state index contributed by atoms with van der Waals surface area (Å²) in [4.78, 5) is 26.6. The third kappa shape index (κ3) is 3.76. The Morgan fingerprint density at radius 2 is 1.93 bits per heavy atom. The Morgan fingerprint density at radius 3 is 2.56 bits per heavy atom. The number of amides is 2. The van der Waals surface area contributed by atoms with E-state index in [0.29, 0.717) is 22.5 Å². The highest BCUT2D eigenvalue weighted by Crippen LogP contribution is 2.40. The monoisotopic (exact) mass is 428 g/mol. The van der Waals surface area contributed by atoms with Crippen molar-refractivity contribution in [3.8, 4) is 5.75 Å². The van der Waals surface area contributed by atoms with E-state index >= 15 is 0 Å². The zero-order valence-electron chi connectivity index (χ0n) is 15.5. The number of fused-ring (bicyclic) bond motifs is 1. The Morgan fingerprint density at radius 1 is 1.19 bits per heavy atom. The third-order valence-corrected chi connectivity index (χ3v) is 5.74. The molecule has 5 nitrogen and oxygen atoms in total. The molecule has 0 saturated carbocycles. The zero-order valence-corrected chi connectivity index (χ0v) is 17.1. The predicted molar refractivity (Wildman–Crippen MR) is 110 cm³/mol. The number of carbonyl (C=O) groups excluding carboxylic acids is 2.